The smallest absolute Gasteiger partial charge is 0.266 e. The largest absolute Gasteiger partial charge is 0.378 e. The van der Waals surface area contributed by atoms with Gasteiger partial charge < -0.3 is 15.0 Å². The zero-order valence-corrected chi connectivity index (χ0v) is 19.8. The van der Waals surface area contributed by atoms with Crippen LogP contribution in [0.1, 0.15) is 46.9 Å². The third-order valence-electron chi connectivity index (χ3n) is 6.17. The number of nitrogens with one attached hydrogen (secondary N) is 2. The van der Waals surface area contributed by atoms with Crippen LogP contribution in [0, 0.1) is 16.7 Å². The number of carbonyl (C=O) groups excluding carboxylic acids is 1. The highest BCUT2D eigenvalue weighted by Crippen LogP contribution is 2.46. The summed E-state index contributed by atoms with van der Waals surface area (Å²) < 4.78 is 30.8. The second-order valence-corrected chi connectivity index (χ2v) is 11.1. The second-order valence-electron chi connectivity index (χ2n) is 9.31. The first-order valence-electron chi connectivity index (χ1n) is 10.9. The van der Waals surface area contributed by atoms with Crippen molar-refractivity contribution >= 4 is 27.3 Å². The lowest BCUT2D eigenvalue weighted by atomic mass is 9.72. The van der Waals surface area contributed by atoms with E-state index in [4.69, 9.17) is 4.74 Å². The third kappa shape index (κ3) is 4.97. The molecule has 1 fully saturated rings. The van der Waals surface area contributed by atoms with Crippen LogP contribution < -0.4 is 14.9 Å². The van der Waals surface area contributed by atoms with Crippen LogP contribution >= 0.6 is 0 Å². The van der Waals surface area contributed by atoms with Gasteiger partial charge in [0.2, 0.25) is 10.0 Å². The maximum Gasteiger partial charge on any atom is 0.266 e. The molecule has 0 bridgehead atoms. The first-order valence-corrected chi connectivity index (χ1v) is 12.7. The van der Waals surface area contributed by atoms with E-state index < -0.39 is 15.9 Å². The number of carbonyl (C=O) groups is 1. The van der Waals surface area contributed by atoms with Gasteiger partial charge in [0.15, 0.2) is 0 Å². The Morgan fingerprint density at radius 3 is 2.64 bits per heavy atom. The number of hydrogen-bond acceptors (Lipinski definition) is 7. The molecule has 1 saturated heterocycles. The average molecular weight is 469 g/mol. The topological polar surface area (TPSA) is 112 Å². The van der Waals surface area contributed by atoms with E-state index in [0.29, 0.717) is 30.9 Å². The Hall–Kier alpha value is -3.09. The lowest BCUT2D eigenvalue weighted by Gasteiger charge is -2.42. The van der Waals surface area contributed by atoms with E-state index in [-0.39, 0.29) is 17.0 Å². The van der Waals surface area contributed by atoms with Gasteiger partial charge in [0.1, 0.15) is 0 Å². The average Bonchev–Trinajstić information content (AvgIpc) is 2.76. The quantitative estimate of drug-likeness (QED) is 0.710. The number of anilines is 2. The maximum absolute atomic E-state index is 12.7. The second kappa shape index (κ2) is 8.69. The summed E-state index contributed by atoms with van der Waals surface area (Å²) in [5.74, 6) is -0.667. The molecule has 9 heteroatoms. The van der Waals surface area contributed by atoms with Gasteiger partial charge in [0.05, 0.1) is 48.4 Å². The third-order valence-corrected chi connectivity index (χ3v) is 6.72. The first-order chi connectivity index (χ1) is 15.6. The fourth-order valence-corrected chi connectivity index (χ4v) is 5.11. The molecule has 2 N–H and O–H groups in total. The fraction of sp³-hybridized carbons (Fsp3) is 0.417. The van der Waals surface area contributed by atoms with E-state index in [1.165, 1.54) is 0 Å². The number of rotatable bonds is 4. The number of nitrogens with zero attached hydrogens (tertiary/aromatic N) is 2. The normalized spacial score (nSPS) is 19.7. The van der Waals surface area contributed by atoms with E-state index in [1.54, 1.807) is 12.1 Å². The highest BCUT2D eigenvalue weighted by Gasteiger charge is 2.38. The van der Waals surface area contributed by atoms with Crippen molar-refractivity contribution in [1.29, 1.82) is 5.26 Å². The van der Waals surface area contributed by atoms with Gasteiger partial charge in [-0.3, -0.25) is 4.79 Å². The molecule has 1 unspecified atom stereocenters. The van der Waals surface area contributed by atoms with E-state index in [9.17, 15) is 18.5 Å². The first kappa shape index (κ1) is 23.1. The van der Waals surface area contributed by atoms with Crippen LogP contribution in [0.25, 0.3) is 0 Å². The van der Waals surface area contributed by atoms with Crippen LogP contribution in [0.5, 0.6) is 0 Å². The molecular weight excluding hydrogens is 440 g/mol. The summed E-state index contributed by atoms with van der Waals surface area (Å²) in [5, 5.41) is 13.2. The highest BCUT2D eigenvalue weighted by molar-refractivity contribution is 7.89. The van der Waals surface area contributed by atoms with Gasteiger partial charge >= 0.3 is 0 Å². The Balaban J connectivity index is 1.75. The summed E-state index contributed by atoms with van der Waals surface area (Å²) in [6.07, 6.45) is 1.64. The number of hydrogen-bond donors (Lipinski definition) is 2. The van der Waals surface area contributed by atoms with Crippen molar-refractivity contribution in [3.05, 3.63) is 58.7 Å². The molecule has 1 atom stereocenters. The Morgan fingerprint density at radius 2 is 1.97 bits per heavy atom. The van der Waals surface area contributed by atoms with Crippen LogP contribution in [0.3, 0.4) is 0 Å². The van der Waals surface area contributed by atoms with Crippen LogP contribution in [-0.4, -0.2) is 46.9 Å². The van der Waals surface area contributed by atoms with E-state index in [1.807, 2.05) is 18.2 Å². The van der Waals surface area contributed by atoms with Gasteiger partial charge in [0.25, 0.3) is 5.91 Å². The highest BCUT2D eigenvalue weighted by atomic mass is 32.2. The van der Waals surface area contributed by atoms with E-state index >= 15 is 0 Å². The predicted molar refractivity (Wildman–Crippen MR) is 127 cm³/mol. The molecule has 0 aliphatic carbocycles. The van der Waals surface area contributed by atoms with Gasteiger partial charge in [-0.15, -0.1) is 0 Å². The van der Waals surface area contributed by atoms with E-state index in [0.717, 1.165) is 36.2 Å². The molecule has 2 aromatic carbocycles. The molecule has 174 valence electrons. The molecule has 0 saturated carbocycles. The lowest BCUT2D eigenvalue weighted by molar-refractivity contribution is 0.0981. The number of fused-ring (bicyclic) bond motifs is 1. The van der Waals surface area contributed by atoms with Crippen LogP contribution in [0.2, 0.25) is 0 Å². The molecule has 33 heavy (non-hydrogen) atoms. The molecule has 1 amide bonds. The molecule has 2 aromatic rings. The summed E-state index contributed by atoms with van der Waals surface area (Å²) in [6.45, 7) is 7.09. The predicted octanol–water partition coefficient (Wildman–Crippen LogP) is 2.82. The number of amides is 1. The van der Waals surface area contributed by atoms with Crippen LogP contribution in [0.4, 0.5) is 11.4 Å². The SMILES string of the molecule is CC1(C)Cc2cccc(C(=O)NS(C)(=O)=O)c2NC1c1cc(C#N)cc(N2CCOCC2)c1. The zero-order chi connectivity index (χ0) is 23.8. The summed E-state index contributed by atoms with van der Waals surface area (Å²) in [4.78, 5) is 14.9. The monoisotopic (exact) mass is 468 g/mol. The van der Waals surface area contributed by atoms with Gasteiger partial charge in [0, 0.05) is 18.8 Å². The van der Waals surface area contributed by atoms with Gasteiger partial charge in [-0.1, -0.05) is 26.0 Å². The molecule has 0 spiro atoms. The van der Waals surface area contributed by atoms with Crippen molar-refractivity contribution < 1.29 is 17.9 Å². The molecular formula is C24H28N4O4S. The minimum atomic E-state index is -3.69. The molecule has 2 aliphatic heterocycles. The van der Waals surface area contributed by atoms with Crippen LogP contribution in [0.15, 0.2) is 36.4 Å². The number of sulfonamides is 1. The van der Waals surface area contributed by atoms with Crippen molar-refractivity contribution in [2.75, 3.05) is 42.8 Å². The molecule has 2 heterocycles. The molecule has 0 aromatic heterocycles. The van der Waals surface area contributed by atoms with Crippen molar-refractivity contribution in [1.82, 2.24) is 4.72 Å². The zero-order valence-electron chi connectivity index (χ0n) is 19.0. The summed E-state index contributed by atoms with van der Waals surface area (Å²) in [5.41, 5.74) is 4.11. The Kier molecular flexibility index (Phi) is 6.08. The Morgan fingerprint density at radius 1 is 1.24 bits per heavy atom. The summed E-state index contributed by atoms with van der Waals surface area (Å²) >= 11 is 0. The Bertz CT molecular complexity index is 1230. The minimum absolute atomic E-state index is 0.190. The summed E-state index contributed by atoms with van der Waals surface area (Å²) in [6, 6.07) is 13.3. The van der Waals surface area contributed by atoms with Crippen molar-refractivity contribution in [2.45, 2.75) is 26.3 Å². The summed E-state index contributed by atoms with van der Waals surface area (Å²) in [7, 11) is -3.69. The number of benzene rings is 2. The van der Waals surface area contributed by atoms with Crippen molar-refractivity contribution in [3.63, 3.8) is 0 Å². The maximum atomic E-state index is 12.7. The van der Waals surface area contributed by atoms with Gasteiger partial charge in [-0.2, -0.15) is 5.26 Å². The van der Waals surface area contributed by atoms with Crippen LogP contribution in [-0.2, 0) is 21.2 Å². The molecule has 4 rings (SSSR count). The van der Waals surface area contributed by atoms with E-state index in [2.05, 4.69) is 40.9 Å². The number of nitriles is 1. The molecule has 0 radical (unpaired) electrons. The van der Waals surface area contributed by atoms with Crippen molar-refractivity contribution in [2.24, 2.45) is 5.41 Å². The lowest BCUT2D eigenvalue weighted by Crippen LogP contribution is -2.38. The van der Waals surface area contributed by atoms with Gasteiger partial charge in [-0.05, 0) is 47.2 Å². The number of para-hydroxylation sites is 1. The molecule has 2 aliphatic rings. The molecule has 8 nitrogen and oxygen atoms in total. The van der Waals surface area contributed by atoms with Gasteiger partial charge in [-0.25, -0.2) is 13.1 Å². The fourth-order valence-electron chi connectivity index (χ4n) is 4.67. The number of ether oxygens (including phenoxy) is 1. The number of morpholine rings is 1. The standard InChI is InChI=1S/C24H28N4O4S/c1-24(2)14-17-5-4-6-20(23(29)27-33(3,30)31)21(17)26-22(24)18-11-16(15-25)12-19(13-18)28-7-9-32-10-8-28/h4-6,11-13,22,26H,7-10,14H2,1-3H3,(H,27,29). The van der Waals surface area contributed by atoms with Crippen molar-refractivity contribution in [3.8, 4) is 6.07 Å². The minimum Gasteiger partial charge on any atom is -0.378 e. The Labute approximate surface area is 194 Å².